The SMILES string of the molecule is CN(C)S(=O)(=O)C[C@@H]1COC[C@H]1NC(=O)c1ccc2c(c1)ncn2C. The van der Waals surface area contributed by atoms with Crippen molar-refractivity contribution in [1.29, 1.82) is 0 Å². The molecule has 2 aromatic rings. The van der Waals surface area contributed by atoms with Crippen LogP contribution in [0.2, 0.25) is 0 Å². The molecule has 0 aliphatic carbocycles. The normalized spacial score (nSPS) is 21.1. The minimum atomic E-state index is -3.35. The first kappa shape index (κ1) is 17.8. The molecule has 0 bridgehead atoms. The zero-order chi connectivity index (χ0) is 18.2. The molecule has 1 aromatic carbocycles. The quantitative estimate of drug-likeness (QED) is 0.816. The number of hydrogen-bond donors (Lipinski definition) is 1. The van der Waals surface area contributed by atoms with E-state index < -0.39 is 10.0 Å². The minimum Gasteiger partial charge on any atom is -0.379 e. The number of imidazole rings is 1. The van der Waals surface area contributed by atoms with Gasteiger partial charge in [-0.15, -0.1) is 0 Å². The smallest absolute Gasteiger partial charge is 0.251 e. The van der Waals surface area contributed by atoms with Crippen LogP contribution in [0.4, 0.5) is 0 Å². The standard InChI is InChI=1S/C16H22N4O4S/c1-19(2)25(22,23)9-12-7-24-8-14(12)18-16(21)11-4-5-15-13(6-11)17-10-20(15)3/h4-6,10,12,14H,7-9H2,1-3H3,(H,18,21)/t12-,14+/m0/s1. The van der Waals surface area contributed by atoms with Crippen LogP contribution in [0, 0.1) is 5.92 Å². The molecule has 1 amide bonds. The highest BCUT2D eigenvalue weighted by molar-refractivity contribution is 7.89. The second-order valence-electron chi connectivity index (χ2n) is 6.50. The highest BCUT2D eigenvalue weighted by Gasteiger charge is 2.34. The van der Waals surface area contributed by atoms with Gasteiger partial charge < -0.3 is 14.6 Å². The van der Waals surface area contributed by atoms with Crippen molar-refractivity contribution in [3.8, 4) is 0 Å². The fourth-order valence-corrected chi connectivity index (χ4v) is 4.04. The van der Waals surface area contributed by atoms with E-state index in [0.29, 0.717) is 18.8 Å². The van der Waals surface area contributed by atoms with Crippen molar-refractivity contribution < 1.29 is 17.9 Å². The molecular weight excluding hydrogens is 344 g/mol. The van der Waals surface area contributed by atoms with E-state index in [0.717, 1.165) is 11.0 Å². The van der Waals surface area contributed by atoms with Crippen LogP contribution in [-0.4, -0.2) is 67.3 Å². The Kier molecular flexibility index (Phi) is 4.81. The monoisotopic (exact) mass is 366 g/mol. The van der Waals surface area contributed by atoms with Crippen molar-refractivity contribution in [3.05, 3.63) is 30.1 Å². The van der Waals surface area contributed by atoms with E-state index in [2.05, 4.69) is 10.3 Å². The lowest BCUT2D eigenvalue weighted by molar-refractivity contribution is 0.0926. The van der Waals surface area contributed by atoms with E-state index in [1.807, 2.05) is 17.7 Å². The average Bonchev–Trinajstić information content (AvgIpc) is 3.13. The van der Waals surface area contributed by atoms with E-state index in [9.17, 15) is 13.2 Å². The first-order valence-electron chi connectivity index (χ1n) is 7.98. The molecule has 8 nitrogen and oxygen atoms in total. The molecule has 1 aliphatic heterocycles. The number of ether oxygens (including phenoxy) is 1. The number of amides is 1. The van der Waals surface area contributed by atoms with Crippen LogP contribution < -0.4 is 5.32 Å². The van der Waals surface area contributed by atoms with E-state index in [1.165, 1.54) is 18.4 Å². The summed E-state index contributed by atoms with van der Waals surface area (Å²) in [7, 11) is 1.54. The zero-order valence-electron chi connectivity index (χ0n) is 14.5. The number of hydrogen-bond acceptors (Lipinski definition) is 5. The third-order valence-electron chi connectivity index (χ3n) is 4.48. The van der Waals surface area contributed by atoms with Crippen molar-refractivity contribution in [2.45, 2.75) is 6.04 Å². The summed E-state index contributed by atoms with van der Waals surface area (Å²) in [4.78, 5) is 16.8. The third-order valence-corrected chi connectivity index (χ3v) is 6.45. The number of nitrogens with zero attached hydrogens (tertiary/aromatic N) is 3. The van der Waals surface area contributed by atoms with Gasteiger partial charge in [-0.3, -0.25) is 4.79 Å². The molecule has 0 radical (unpaired) electrons. The topological polar surface area (TPSA) is 93.5 Å². The fraction of sp³-hybridized carbons (Fsp3) is 0.500. The Labute approximate surface area is 146 Å². The first-order chi connectivity index (χ1) is 11.8. The molecular formula is C16H22N4O4S. The summed E-state index contributed by atoms with van der Waals surface area (Å²) in [6, 6.07) is 4.98. The average molecular weight is 366 g/mol. The Bertz CT molecular complexity index is 891. The molecule has 1 aromatic heterocycles. The van der Waals surface area contributed by atoms with Crippen LogP contribution in [0.3, 0.4) is 0 Å². The summed E-state index contributed by atoms with van der Waals surface area (Å²) >= 11 is 0. The summed E-state index contributed by atoms with van der Waals surface area (Å²) in [6.07, 6.45) is 1.69. The Morgan fingerprint density at radius 1 is 1.40 bits per heavy atom. The first-order valence-corrected chi connectivity index (χ1v) is 9.59. The largest absolute Gasteiger partial charge is 0.379 e. The van der Waals surface area contributed by atoms with Gasteiger partial charge >= 0.3 is 0 Å². The van der Waals surface area contributed by atoms with E-state index in [-0.39, 0.29) is 23.6 Å². The number of sulfonamides is 1. The van der Waals surface area contributed by atoms with Gasteiger partial charge in [-0.05, 0) is 18.2 Å². The number of rotatable bonds is 5. The van der Waals surface area contributed by atoms with Crippen molar-refractivity contribution >= 4 is 27.0 Å². The lowest BCUT2D eigenvalue weighted by Gasteiger charge is -2.21. The van der Waals surface area contributed by atoms with Gasteiger partial charge in [0.25, 0.3) is 5.91 Å². The van der Waals surface area contributed by atoms with E-state index in [4.69, 9.17) is 4.74 Å². The van der Waals surface area contributed by atoms with Gasteiger partial charge in [0.15, 0.2) is 0 Å². The molecule has 3 rings (SSSR count). The summed E-state index contributed by atoms with van der Waals surface area (Å²) in [5.41, 5.74) is 2.17. The fourth-order valence-electron chi connectivity index (χ4n) is 2.87. The Hall–Kier alpha value is -1.97. The van der Waals surface area contributed by atoms with Crippen molar-refractivity contribution in [1.82, 2.24) is 19.2 Å². The van der Waals surface area contributed by atoms with E-state index in [1.54, 1.807) is 18.5 Å². The summed E-state index contributed by atoms with van der Waals surface area (Å²) in [5, 5.41) is 2.90. The molecule has 9 heteroatoms. The van der Waals surface area contributed by atoms with Crippen LogP contribution in [0.5, 0.6) is 0 Å². The van der Waals surface area contributed by atoms with Crippen LogP contribution in [0.1, 0.15) is 10.4 Å². The molecule has 1 aliphatic rings. The maximum Gasteiger partial charge on any atom is 0.251 e. The Morgan fingerprint density at radius 2 is 2.16 bits per heavy atom. The second-order valence-corrected chi connectivity index (χ2v) is 8.72. The molecule has 2 atom stereocenters. The second kappa shape index (κ2) is 6.74. The van der Waals surface area contributed by atoms with E-state index >= 15 is 0 Å². The number of aromatic nitrogens is 2. The van der Waals surface area contributed by atoms with Gasteiger partial charge in [0.05, 0.1) is 42.4 Å². The van der Waals surface area contributed by atoms with Gasteiger partial charge in [0.1, 0.15) is 0 Å². The van der Waals surface area contributed by atoms with Crippen LogP contribution in [0.25, 0.3) is 11.0 Å². The highest BCUT2D eigenvalue weighted by atomic mass is 32.2. The maximum atomic E-state index is 12.5. The summed E-state index contributed by atoms with van der Waals surface area (Å²) in [6.45, 7) is 0.627. The van der Waals surface area contributed by atoms with Crippen molar-refractivity contribution in [2.75, 3.05) is 33.1 Å². The number of carbonyl (C=O) groups excluding carboxylic acids is 1. The number of aryl methyl sites for hydroxylation is 1. The van der Waals surface area contributed by atoms with Gasteiger partial charge in [-0.25, -0.2) is 17.7 Å². The van der Waals surface area contributed by atoms with Crippen molar-refractivity contribution in [2.24, 2.45) is 13.0 Å². The van der Waals surface area contributed by atoms with Gasteiger partial charge in [0, 0.05) is 32.6 Å². The zero-order valence-corrected chi connectivity index (χ0v) is 15.3. The van der Waals surface area contributed by atoms with Crippen LogP contribution in [0.15, 0.2) is 24.5 Å². The number of benzene rings is 1. The summed E-state index contributed by atoms with van der Waals surface area (Å²) in [5.74, 6) is -0.574. The van der Waals surface area contributed by atoms with Gasteiger partial charge in [0.2, 0.25) is 10.0 Å². The summed E-state index contributed by atoms with van der Waals surface area (Å²) < 4.78 is 32.6. The van der Waals surface area contributed by atoms with Crippen LogP contribution in [-0.2, 0) is 21.8 Å². The van der Waals surface area contributed by atoms with Crippen LogP contribution >= 0.6 is 0 Å². The molecule has 2 heterocycles. The number of fused-ring (bicyclic) bond motifs is 1. The van der Waals surface area contributed by atoms with Gasteiger partial charge in [-0.2, -0.15) is 0 Å². The predicted molar refractivity (Wildman–Crippen MR) is 93.8 cm³/mol. The van der Waals surface area contributed by atoms with Crippen molar-refractivity contribution in [3.63, 3.8) is 0 Å². The molecule has 0 spiro atoms. The molecule has 1 fully saturated rings. The maximum absolute atomic E-state index is 12.5. The third kappa shape index (κ3) is 3.68. The Morgan fingerprint density at radius 3 is 2.88 bits per heavy atom. The Balaban J connectivity index is 1.72. The number of carbonyl (C=O) groups is 1. The molecule has 1 N–H and O–H groups in total. The molecule has 136 valence electrons. The molecule has 0 saturated carbocycles. The predicted octanol–water partition coefficient (Wildman–Crippen LogP) is 0.210. The molecule has 0 unspecified atom stereocenters. The lowest BCUT2D eigenvalue weighted by Crippen LogP contribution is -2.43. The highest BCUT2D eigenvalue weighted by Crippen LogP contribution is 2.19. The molecule has 1 saturated heterocycles. The molecule has 25 heavy (non-hydrogen) atoms. The number of nitrogens with one attached hydrogen (secondary N) is 1. The minimum absolute atomic E-state index is 0.0514. The lowest BCUT2D eigenvalue weighted by atomic mass is 10.1. The van der Waals surface area contributed by atoms with Gasteiger partial charge in [-0.1, -0.05) is 0 Å².